The molecule has 0 radical (unpaired) electrons. The molecule has 4 rings (SSSR count). The molecule has 0 saturated heterocycles. The van der Waals surface area contributed by atoms with Crippen LogP contribution in [-0.2, 0) is 0 Å². The molecule has 4 heteroatoms. The number of nitrogens with zero attached hydrogens (tertiary/aromatic N) is 2. The number of anilines is 1. The van der Waals surface area contributed by atoms with Crippen molar-refractivity contribution in [2.45, 2.75) is 6.92 Å². The molecule has 0 spiro atoms. The smallest absolute Gasteiger partial charge is 0.256 e. The van der Waals surface area contributed by atoms with Crippen molar-refractivity contribution in [1.29, 1.82) is 0 Å². The summed E-state index contributed by atoms with van der Waals surface area (Å²) in [5.74, 6) is -0.137. The second-order valence-electron chi connectivity index (χ2n) is 5.96. The molecule has 0 aliphatic heterocycles. The van der Waals surface area contributed by atoms with Crippen LogP contribution in [0.5, 0.6) is 0 Å². The van der Waals surface area contributed by atoms with E-state index >= 15 is 0 Å². The molecule has 2 aromatic carbocycles. The van der Waals surface area contributed by atoms with Gasteiger partial charge in [-0.05, 0) is 37.3 Å². The Morgan fingerprint density at radius 2 is 1.80 bits per heavy atom. The zero-order valence-electron chi connectivity index (χ0n) is 13.8. The average Bonchev–Trinajstić information content (AvgIpc) is 3.06. The number of amides is 1. The molecule has 1 amide bonds. The third-order valence-corrected chi connectivity index (χ3v) is 4.09. The molecule has 4 nitrogen and oxygen atoms in total. The molecule has 0 bridgehead atoms. The summed E-state index contributed by atoms with van der Waals surface area (Å²) in [6.45, 7) is 1.98. The van der Waals surface area contributed by atoms with Gasteiger partial charge in [0.15, 0.2) is 0 Å². The molecule has 0 aliphatic carbocycles. The van der Waals surface area contributed by atoms with Gasteiger partial charge < -0.3 is 9.72 Å². The lowest BCUT2D eigenvalue weighted by atomic mass is 10.0. The van der Waals surface area contributed by atoms with Gasteiger partial charge >= 0.3 is 0 Å². The molecule has 0 atom stereocenters. The second-order valence-corrected chi connectivity index (χ2v) is 5.96. The lowest BCUT2D eigenvalue weighted by Crippen LogP contribution is -2.13. The number of benzene rings is 2. The van der Waals surface area contributed by atoms with Gasteiger partial charge in [0.25, 0.3) is 5.91 Å². The fourth-order valence-corrected chi connectivity index (χ4v) is 2.85. The van der Waals surface area contributed by atoms with Gasteiger partial charge in [0.05, 0.1) is 5.69 Å². The van der Waals surface area contributed by atoms with Crippen LogP contribution in [0.25, 0.3) is 16.9 Å². The normalized spacial score (nSPS) is 10.8. The molecular formula is C21H17N3O. The fraction of sp³-hybridized carbons (Fsp3) is 0.0476. The number of rotatable bonds is 3. The van der Waals surface area contributed by atoms with Crippen LogP contribution in [0.3, 0.4) is 0 Å². The van der Waals surface area contributed by atoms with E-state index in [-0.39, 0.29) is 5.91 Å². The second kappa shape index (κ2) is 6.24. The predicted octanol–water partition coefficient (Wildman–Crippen LogP) is 4.56. The van der Waals surface area contributed by atoms with Gasteiger partial charge in [0.1, 0.15) is 5.65 Å². The largest absolute Gasteiger partial charge is 0.322 e. The van der Waals surface area contributed by atoms with Crippen molar-refractivity contribution < 1.29 is 4.79 Å². The summed E-state index contributed by atoms with van der Waals surface area (Å²) < 4.78 is 1.95. The van der Waals surface area contributed by atoms with E-state index in [0.717, 1.165) is 28.2 Å². The summed E-state index contributed by atoms with van der Waals surface area (Å²) in [6.07, 6.45) is 3.89. The van der Waals surface area contributed by atoms with E-state index in [1.165, 1.54) is 0 Å². The average molecular weight is 327 g/mol. The number of pyridine rings is 1. The van der Waals surface area contributed by atoms with Crippen LogP contribution >= 0.6 is 0 Å². The van der Waals surface area contributed by atoms with E-state index in [1.54, 1.807) is 0 Å². The first kappa shape index (κ1) is 15.1. The molecular weight excluding hydrogens is 310 g/mol. The molecule has 0 fully saturated rings. The van der Waals surface area contributed by atoms with Gasteiger partial charge in [0.2, 0.25) is 0 Å². The minimum atomic E-state index is -0.137. The van der Waals surface area contributed by atoms with Crippen molar-refractivity contribution in [3.05, 3.63) is 90.3 Å². The van der Waals surface area contributed by atoms with E-state index in [4.69, 9.17) is 0 Å². The molecule has 2 aromatic heterocycles. The lowest BCUT2D eigenvalue weighted by Gasteiger charge is -2.10. The summed E-state index contributed by atoms with van der Waals surface area (Å²) in [4.78, 5) is 17.5. The first-order chi connectivity index (χ1) is 12.2. The number of hydrogen-bond donors (Lipinski definition) is 1. The van der Waals surface area contributed by atoms with Crippen molar-refractivity contribution in [3.8, 4) is 11.3 Å². The maximum atomic E-state index is 12.8. The Morgan fingerprint density at radius 3 is 2.60 bits per heavy atom. The van der Waals surface area contributed by atoms with Crippen LogP contribution < -0.4 is 5.32 Å². The van der Waals surface area contributed by atoms with E-state index in [0.29, 0.717) is 5.56 Å². The molecule has 25 heavy (non-hydrogen) atoms. The van der Waals surface area contributed by atoms with Crippen molar-refractivity contribution >= 4 is 17.2 Å². The fourth-order valence-electron chi connectivity index (χ4n) is 2.85. The molecule has 0 saturated carbocycles. The number of carbonyl (C=O) groups excluding carboxylic acids is 1. The highest BCUT2D eigenvalue weighted by atomic mass is 16.1. The van der Waals surface area contributed by atoms with Gasteiger partial charge in [0, 0.05) is 29.2 Å². The molecule has 2 heterocycles. The maximum absolute atomic E-state index is 12.8. The van der Waals surface area contributed by atoms with Gasteiger partial charge in [-0.15, -0.1) is 0 Å². The Labute approximate surface area is 145 Å². The van der Waals surface area contributed by atoms with E-state index < -0.39 is 0 Å². The molecule has 122 valence electrons. The molecule has 4 aromatic rings. The number of fused-ring (bicyclic) bond motifs is 1. The van der Waals surface area contributed by atoms with Gasteiger partial charge in [-0.1, -0.05) is 42.0 Å². The highest BCUT2D eigenvalue weighted by molar-refractivity contribution is 6.08. The number of aromatic nitrogens is 2. The Hall–Kier alpha value is -3.40. The highest BCUT2D eigenvalue weighted by Crippen LogP contribution is 2.25. The van der Waals surface area contributed by atoms with Gasteiger partial charge in [-0.2, -0.15) is 0 Å². The number of imidazole rings is 1. The van der Waals surface area contributed by atoms with Crippen molar-refractivity contribution in [2.24, 2.45) is 0 Å². The summed E-state index contributed by atoms with van der Waals surface area (Å²) in [5.41, 5.74) is 4.88. The number of carbonyl (C=O) groups is 1. The first-order valence-electron chi connectivity index (χ1n) is 8.12. The third-order valence-electron chi connectivity index (χ3n) is 4.09. The Bertz CT molecular complexity index is 1020. The number of nitrogens with one attached hydrogen (secondary N) is 1. The first-order valence-corrected chi connectivity index (χ1v) is 8.12. The van der Waals surface area contributed by atoms with Crippen LogP contribution in [-0.4, -0.2) is 15.3 Å². The lowest BCUT2D eigenvalue weighted by molar-refractivity contribution is 0.102. The summed E-state index contributed by atoms with van der Waals surface area (Å²) in [5, 5.41) is 2.96. The topological polar surface area (TPSA) is 46.4 Å². The SMILES string of the molecule is Cc1ccc(-c2cn3ccccc3n2)c(C(=O)Nc2ccccc2)c1. The van der Waals surface area contributed by atoms with Crippen LogP contribution in [0.15, 0.2) is 79.1 Å². The summed E-state index contributed by atoms with van der Waals surface area (Å²) in [6, 6.07) is 21.2. The molecule has 0 unspecified atom stereocenters. The van der Waals surface area contributed by atoms with E-state index in [1.807, 2.05) is 90.4 Å². The van der Waals surface area contributed by atoms with Gasteiger partial charge in [-0.3, -0.25) is 4.79 Å². The number of hydrogen-bond acceptors (Lipinski definition) is 2. The van der Waals surface area contributed by atoms with Crippen LogP contribution in [0.4, 0.5) is 5.69 Å². The Kier molecular flexibility index (Phi) is 3.78. The predicted molar refractivity (Wildman–Crippen MR) is 99.8 cm³/mol. The zero-order valence-corrected chi connectivity index (χ0v) is 13.8. The standard InChI is InChI=1S/C21H17N3O/c1-15-10-11-17(19-14-24-12-6-5-9-20(24)23-19)18(13-15)21(25)22-16-7-3-2-4-8-16/h2-14H,1H3,(H,22,25). The van der Waals surface area contributed by atoms with Crippen LogP contribution in [0.2, 0.25) is 0 Å². The van der Waals surface area contributed by atoms with Crippen LogP contribution in [0.1, 0.15) is 15.9 Å². The minimum Gasteiger partial charge on any atom is -0.322 e. The van der Waals surface area contributed by atoms with Crippen LogP contribution in [0, 0.1) is 6.92 Å². The Balaban J connectivity index is 1.77. The zero-order chi connectivity index (χ0) is 17.2. The van der Waals surface area contributed by atoms with Crippen molar-refractivity contribution in [1.82, 2.24) is 9.38 Å². The minimum absolute atomic E-state index is 0.137. The van der Waals surface area contributed by atoms with E-state index in [2.05, 4.69) is 10.3 Å². The summed E-state index contributed by atoms with van der Waals surface area (Å²) in [7, 11) is 0. The molecule has 0 aliphatic rings. The quantitative estimate of drug-likeness (QED) is 0.599. The van der Waals surface area contributed by atoms with Gasteiger partial charge in [-0.25, -0.2) is 4.98 Å². The van der Waals surface area contributed by atoms with Crippen molar-refractivity contribution in [2.75, 3.05) is 5.32 Å². The maximum Gasteiger partial charge on any atom is 0.256 e. The van der Waals surface area contributed by atoms with E-state index in [9.17, 15) is 4.79 Å². The van der Waals surface area contributed by atoms with Crippen molar-refractivity contribution in [3.63, 3.8) is 0 Å². The number of para-hydroxylation sites is 1. The monoisotopic (exact) mass is 327 g/mol. The molecule has 1 N–H and O–H groups in total. The Morgan fingerprint density at radius 1 is 1.00 bits per heavy atom. The summed E-state index contributed by atoms with van der Waals surface area (Å²) >= 11 is 0. The third kappa shape index (κ3) is 3.02. The number of aryl methyl sites for hydroxylation is 1. The highest BCUT2D eigenvalue weighted by Gasteiger charge is 2.15.